The Morgan fingerprint density at radius 2 is 1.75 bits per heavy atom. The summed E-state index contributed by atoms with van der Waals surface area (Å²) in [6.45, 7) is 2.58. The summed E-state index contributed by atoms with van der Waals surface area (Å²) in [5.41, 5.74) is 2.24. The fourth-order valence-electron chi connectivity index (χ4n) is 2.58. The zero-order valence-corrected chi connectivity index (χ0v) is 14.1. The summed E-state index contributed by atoms with van der Waals surface area (Å²) >= 11 is 0. The molecular formula is C21H26O3. The Kier molecular flexibility index (Phi) is 7.53. The summed E-state index contributed by atoms with van der Waals surface area (Å²) in [7, 11) is 0. The number of aromatic hydroxyl groups is 1. The first kappa shape index (κ1) is 18.2. The Labute approximate surface area is 144 Å². The van der Waals surface area contributed by atoms with Crippen molar-refractivity contribution in [1.29, 1.82) is 0 Å². The summed E-state index contributed by atoms with van der Waals surface area (Å²) in [6.07, 6.45) is 5.57. The highest BCUT2D eigenvalue weighted by molar-refractivity contribution is 5.49. The summed E-state index contributed by atoms with van der Waals surface area (Å²) < 4.78 is 5.72. The van der Waals surface area contributed by atoms with Crippen molar-refractivity contribution in [3.05, 3.63) is 71.8 Å². The van der Waals surface area contributed by atoms with Crippen LogP contribution in [-0.2, 0) is 11.2 Å². The van der Waals surface area contributed by atoms with Crippen molar-refractivity contribution in [3.8, 4) is 5.75 Å². The second-order valence-corrected chi connectivity index (χ2v) is 5.86. The van der Waals surface area contributed by atoms with E-state index in [0.717, 1.165) is 17.5 Å². The zero-order chi connectivity index (χ0) is 17.2. The highest BCUT2D eigenvalue weighted by Gasteiger charge is 2.12. The number of hydrogen-bond acceptors (Lipinski definition) is 3. The lowest BCUT2D eigenvalue weighted by atomic mass is 10.0. The Bertz CT molecular complexity index is 605. The van der Waals surface area contributed by atoms with Crippen LogP contribution in [0, 0.1) is 0 Å². The lowest BCUT2D eigenvalue weighted by Gasteiger charge is -2.17. The van der Waals surface area contributed by atoms with Crippen molar-refractivity contribution < 1.29 is 14.9 Å². The largest absolute Gasteiger partial charge is 0.508 e. The lowest BCUT2D eigenvalue weighted by molar-refractivity contribution is 0.0449. The molecule has 0 saturated carbocycles. The Morgan fingerprint density at radius 3 is 2.42 bits per heavy atom. The molecule has 2 aromatic rings. The number of benzene rings is 2. The molecular weight excluding hydrogens is 300 g/mol. The van der Waals surface area contributed by atoms with Crippen LogP contribution >= 0.6 is 0 Å². The number of rotatable bonds is 9. The molecule has 0 unspecified atom stereocenters. The predicted octanol–water partition coefficient (Wildman–Crippen LogP) is 4.19. The van der Waals surface area contributed by atoms with E-state index in [9.17, 15) is 10.2 Å². The Balaban J connectivity index is 1.84. The van der Waals surface area contributed by atoms with Gasteiger partial charge in [0.05, 0.1) is 12.2 Å². The van der Waals surface area contributed by atoms with Crippen molar-refractivity contribution in [2.24, 2.45) is 0 Å². The van der Waals surface area contributed by atoms with Crippen LogP contribution < -0.4 is 0 Å². The molecule has 0 radical (unpaired) electrons. The molecule has 0 aromatic heterocycles. The molecule has 2 N–H and O–H groups in total. The second-order valence-electron chi connectivity index (χ2n) is 5.86. The van der Waals surface area contributed by atoms with Gasteiger partial charge < -0.3 is 14.9 Å². The molecule has 0 aliphatic carbocycles. The maximum atomic E-state index is 10.3. The van der Waals surface area contributed by atoms with E-state index in [1.54, 1.807) is 12.1 Å². The van der Waals surface area contributed by atoms with E-state index >= 15 is 0 Å². The molecule has 0 bridgehead atoms. The van der Waals surface area contributed by atoms with Crippen LogP contribution in [0.1, 0.15) is 30.9 Å². The Morgan fingerprint density at radius 1 is 1.04 bits per heavy atom. The molecule has 3 nitrogen and oxygen atoms in total. The van der Waals surface area contributed by atoms with E-state index in [0.29, 0.717) is 19.4 Å². The molecule has 0 saturated heterocycles. The maximum absolute atomic E-state index is 10.3. The monoisotopic (exact) mass is 326 g/mol. The van der Waals surface area contributed by atoms with Gasteiger partial charge >= 0.3 is 0 Å². The van der Waals surface area contributed by atoms with Crippen LogP contribution in [0.3, 0.4) is 0 Å². The first-order chi connectivity index (χ1) is 11.7. The minimum Gasteiger partial charge on any atom is -0.508 e. The molecule has 3 heteroatoms. The fraction of sp³-hybridized carbons (Fsp3) is 0.333. The van der Waals surface area contributed by atoms with Crippen LogP contribution in [0.2, 0.25) is 0 Å². The molecule has 2 rings (SSSR count). The molecule has 0 aliphatic rings. The third-order valence-corrected chi connectivity index (χ3v) is 3.89. The van der Waals surface area contributed by atoms with Crippen LogP contribution in [0.25, 0.3) is 6.08 Å². The van der Waals surface area contributed by atoms with Crippen molar-refractivity contribution >= 4 is 6.08 Å². The van der Waals surface area contributed by atoms with Crippen molar-refractivity contribution in [1.82, 2.24) is 0 Å². The average Bonchev–Trinajstić information content (AvgIpc) is 2.60. The standard InChI is InChI=1S/C21H26O3/c1-2-24-21(15-11-17-6-4-3-5-7-17)16-20(23)14-10-18-8-12-19(22)13-9-18/h3-9,11-13,15,20-23H,2,10,14,16H2,1H3/t20-,21-/m0/s1. The van der Waals surface area contributed by atoms with Gasteiger partial charge in [-0.1, -0.05) is 54.6 Å². The van der Waals surface area contributed by atoms with E-state index in [4.69, 9.17) is 4.74 Å². The van der Waals surface area contributed by atoms with Crippen LogP contribution in [0.15, 0.2) is 60.7 Å². The fourth-order valence-corrected chi connectivity index (χ4v) is 2.58. The van der Waals surface area contributed by atoms with Gasteiger partial charge in [-0.15, -0.1) is 0 Å². The summed E-state index contributed by atoms with van der Waals surface area (Å²) in [5, 5.41) is 19.6. The molecule has 2 aromatic carbocycles. The maximum Gasteiger partial charge on any atom is 0.115 e. The van der Waals surface area contributed by atoms with E-state index in [1.165, 1.54) is 0 Å². The van der Waals surface area contributed by atoms with Gasteiger partial charge in [-0.2, -0.15) is 0 Å². The van der Waals surface area contributed by atoms with Gasteiger partial charge in [0.25, 0.3) is 0 Å². The smallest absolute Gasteiger partial charge is 0.115 e. The van der Waals surface area contributed by atoms with Gasteiger partial charge in [0, 0.05) is 13.0 Å². The number of aryl methyl sites for hydroxylation is 1. The quantitative estimate of drug-likeness (QED) is 0.726. The minimum absolute atomic E-state index is 0.0926. The van der Waals surface area contributed by atoms with Gasteiger partial charge in [-0.05, 0) is 43.0 Å². The van der Waals surface area contributed by atoms with Gasteiger partial charge in [-0.25, -0.2) is 0 Å². The number of phenolic OH excluding ortho intramolecular Hbond substituents is 1. The Hall–Kier alpha value is -2.10. The molecule has 0 spiro atoms. The van der Waals surface area contributed by atoms with Gasteiger partial charge in [0.15, 0.2) is 0 Å². The zero-order valence-electron chi connectivity index (χ0n) is 14.1. The summed E-state index contributed by atoms with van der Waals surface area (Å²) in [5.74, 6) is 0.266. The SMILES string of the molecule is CCO[C@@H](C=Cc1ccccc1)C[C@@H](O)CCc1ccc(O)cc1. The lowest BCUT2D eigenvalue weighted by Crippen LogP contribution is -2.19. The van der Waals surface area contributed by atoms with Crippen molar-refractivity contribution in [3.63, 3.8) is 0 Å². The average molecular weight is 326 g/mol. The van der Waals surface area contributed by atoms with E-state index in [-0.39, 0.29) is 11.9 Å². The molecule has 24 heavy (non-hydrogen) atoms. The third-order valence-electron chi connectivity index (χ3n) is 3.89. The van der Waals surface area contributed by atoms with Gasteiger partial charge in [0.1, 0.15) is 5.75 Å². The van der Waals surface area contributed by atoms with Crippen LogP contribution in [0.4, 0.5) is 0 Å². The van der Waals surface area contributed by atoms with E-state index in [2.05, 4.69) is 0 Å². The van der Waals surface area contributed by atoms with Gasteiger partial charge in [-0.3, -0.25) is 0 Å². The molecule has 0 heterocycles. The minimum atomic E-state index is -0.421. The summed E-state index contributed by atoms with van der Waals surface area (Å²) in [6, 6.07) is 17.2. The normalized spacial score (nSPS) is 13.9. The third kappa shape index (κ3) is 6.57. The molecule has 0 fully saturated rings. The van der Waals surface area contributed by atoms with Crippen molar-refractivity contribution in [2.75, 3.05) is 6.61 Å². The summed E-state index contributed by atoms with van der Waals surface area (Å²) in [4.78, 5) is 0. The van der Waals surface area contributed by atoms with Crippen LogP contribution in [-0.4, -0.2) is 29.0 Å². The number of hydrogen-bond donors (Lipinski definition) is 2. The first-order valence-electron chi connectivity index (χ1n) is 8.48. The molecule has 0 aliphatic heterocycles. The topological polar surface area (TPSA) is 49.7 Å². The van der Waals surface area contributed by atoms with Crippen molar-refractivity contribution in [2.45, 2.75) is 38.4 Å². The molecule has 2 atom stereocenters. The number of aliphatic hydroxyl groups excluding tert-OH is 1. The first-order valence-corrected chi connectivity index (χ1v) is 8.48. The number of phenols is 1. The highest BCUT2D eigenvalue weighted by atomic mass is 16.5. The van der Waals surface area contributed by atoms with E-state index < -0.39 is 6.10 Å². The van der Waals surface area contributed by atoms with E-state index in [1.807, 2.05) is 61.5 Å². The highest BCUT2D eigenvalue weighted by Crippen LogP contribution is 2.15. The predicted molar refractivity (Wildman–Crippen MR) is 97.9 cm³/mol. The molecule has 0 amide bonds. The number of ether oxygens (including phenoxy) is 1. The number of aliphatic hydroxyl groups is 1. The van der Waals surface area contributed by atoms with Gasteiger partial charge in [0.2, 0.25) is 0 Å². The van der Waals surface area contributed by atoms with Crippen LogP contribution in [0.5, 0.6) is 5.75 Å². The molecule has 128 valence electrons. The second kappa shape index (κ2) is 9.91.